The van der Waals surface area contributed by atoms with Gasteiger partial charge < -0.3 is 5.32 Å². The Kier molecular flexibility index (Phi) is 5.75. The van der Waals surface area contributed by atoms with Crippen LogP contribution in [0.15, 0.2) is 29.4 Å². The van der Waals surface area contributed by atoms with Crippen LogP contribution >= 0.6 is 11.6 Å². The summed E-state index contributed by atoms with van der Waals surface area (Å²) in [7, 11) is 0. The number of amides is 2. The second-order valence-electron chi connectivity index (χ2n) is 4.99. The Morgan fingerprint density at radius 3 is 2.38 bits per heavy atom. The van der Waals surface area contributed by atoms with E-state index in [-0.39, 0.29) is 6.54 Å². The van der Waals surface area contributed by atoms with E-state index >= 15 is 0 Å². The van der Waals surface area contributed by atoms with Crippen LogP contribution in [0.4, 0.5) is 0 Å². The van der Waals surface area contributed by atoms with Crippen molar-refractivity contribution in [3.63, 3.8) is 0 Å². The summed E-state index contributed by atoms with van der Waals surface area (Å²) in [5.74, 6) is -1.42. The van der Waals surface area contributed by atoms with Crippen molar-refractivity contribution in [3.05, 3.63) is 34.9 Å². The van der Waals surface area contributed by atoms with Crippen LogP contribution in [0.3, 0.4) is 0 Å². The number of halogens is 1. The molecule has 21 heavy (non-hydrogen) atoms. The summed E-state index contributed by atoms with van der Waals surface area (Å²) in [5, 5.41) is 7.18. The highest BCUT2D eigenvalue weighted by atomic mass is 35.5. The summed E-state index contributed by atoms with van der Waals surface area (Å²) in [6.45, 7) is 0.278. The zero-order valence-electron chi connectivity index (χ0n) is 11.7. The van der Waals surface area contributed by atoms with Crippen molar-refractivity contribution in [2.75, 3.05) is 0 Å². The predicted octanol–water partition coefficient (Wildman–Crippen LogP) is 2.39. The molecule has 5 nitrogen and oxygen atoms in total. The summed E-state index contributed by atoms with van der Waals surface area (Å²) in [5.41, 5.74) is 4.15. The van der Waals surface area contributed by atoms with E-state index in [4.69, 9.17) is 11.6 Å². The number of carbonyl (C=O) groups excluding carboxylic acids is 2. The van der Waals surface area contributed by atoms with Gasteiger partial charge in [0.1, 0.15) is 0 Å². The highest BCUT2D eigenvalue weighted by Gasteiger charge is 2.13. The second kappa shape index (κ2) is 7.78. The monoisotopic (exact) mass is 307 g/mol. The van der Waals surface area contributed by atoms with E-state index in [1.807, 2.05) is 0 Å². The first kappa shape index (κ1) is 15.5. The molecule has 0 atom stereocenters. The van der Waals surface area contributed by atoms with E-state index in [1.165, 1.54) is 6.42 Å². The first-order valence-corrected chi connectivity index (χ1v) is 7.41. The molecule has 0 unspecified atom stereocenters. The average molecular weight is 308 g/mol. The first-order chi connectivity index (χ1) is 10.1. The molecule has 0 heterocycles. The maximum atomic E-state index is 11.6. The van der Waals surface area contributed by atoms with E-state index in [0.29, 0.717) is 5.02 Å². The molecule has 2 N–H and O–H groups in total. The van der Waals surface area contributed by atoms with E-state index in [9.17, 15) is 9.59 Å². The number of benzene rings is 1. The largest absolute Gasteiger partial charge is 0.344 e. The summed E-state index contributed by atoms with van der Waals surface area (Å²) in [4.78, 5) is 23.2. The summed E-state index contributed by atoms with van der Waals surface area (Å²) in [6, 6.07) is 7.06. The minimum atomic E-state index is -0.734. The van der Waals surface area contributed by atoms with Crippen molar-refractivity contribution in [2.24, 2.45) is 5.10 Å². The molecule has 0 aromatic heterocycles. The van der Waals surface area contributed by atoms with E-state index in [1.54, 1.807) is 24.3 Å². The third-order valence-electron chi connectivity index (χ3n) is 3.32. The molecule has 0 radical (unpaired) electrons. The molecule has 1 saturated carbocycles. The zero-order chi connectivity index (χ0) is 15.1. The molecule has 2 rings (SSSR count). The number of rotatable bonds is 3. The van der Waals surface area contributed by atoms with Crippen LogP contribution < -0.4 is 10.7 Å². The Bertz CT molecular complexity index is 532. The van der Waals surface area contributed by atoms with Gasteiger partial charge in [-0.05, 0) is 43.4 Å². The highest BCUT2D eigenvalue weighted by Crippen LogP contribution is 2.14. The Morgan fingerprint density at radius 1 is 1.05 bits per heavy atom. The second-order valence-corrected chi connectivity index (χ2v) is 5.43. The lowest BCUT2D eigenvalue weighted by Crippen LogP contribution is -2.37. The number of hydrazone groups is 1. The third kappa shape index (κ3) is 5.19. The molecule has 0 aliphatic heterocycles. The van der Waals surface area contributed by atoms with Crippen molar-refractivity contribution < 1.29 is 9.59 Å². The van der Waals surface area contributed by atoms with Crippen LogP contribution in [-0.4, -0.2) is 17.5 Å². The lowest BCUT2D eigenvalue weighted by Gasteiger charge is -2.11. The fourth-order valence-electron chi connectivity index (χ4n) is 2.12. The van der Waals surface area contributed by atoms with Crippen molar-refractivity contribution in [3.8, 4) is 0 Å². The standard InChI is InChI=1S/C15H18ClN3O2/c16-12-8-6-11(7-9-12)10-17-14(20)15(21)19-18-13-4-2-1-3-5-13/h6-9H,1-5,10H2,(H,17,20)(H,19,21). The highest BCUT2D eigenvalue weighted by molar-refractivity contribution is 6.35. The minimum absolute atomic E-state index is 0.278. The van der Waals surface area contributed by atoms with Crippen LogP contribution in [0.25, 0.3) is 0 Å². The smallest absolute Gasteiger partial charge is 0.329 e. The van der Waals surface area contributed by atoms with E-state index < -0.39 is 11.8 Å². The van der Waals surface area contributed by atoms with Crippen LogP contribution in [0.1, 0.15) is 37.7 Å². The Balaban J connectivity index is 1.77. The molecular formula is C15H18ClN3O2. The summed E-state index contributed by atoms with van der Waals surface area (Å²) in [6.07, 6.45) is 5.18. The van der Waals surface area contributed by atoms with Crippen molar-refractivity contribution >= 4 is 29.1 Å². The lowest BCUT2D eigenvalue weighted by atomic mass is 9.99. The van der Waals surface area contributed by atoms with E-state index in [2.05, 4.69) is 15.8 Å². The SMILES string of the molecule is O=C(NCc1ccc(Cl)cc1)C(=O)NN=C1CCCCC1. The van der Waals surface area contributed by atoms with Crippen LogP contribution in [0.5, 0.6) is 0 Å². The number of carbonyl (C=O) groups is 2. The molecule has 1 fully saturated rings. The fraction of sp³-hybridized carbons (Fsp3) is 0.400. The van der Waals surface area contributed by atoms with Gasteiger partial charge in [0.25, 0.3) is 0 Å². The molecule has 0 saturated heterocycles. The van der Waals surface area contributed by atoms with Gasteiger partial charge in [-0.25, -0.2) is 5.43 Å². The van der Waals surface area contributed by atoms with Gasteiger partial charge >= 0.3 is 11.8 Å². The minimum Gasteiger partial charge on any atom is -0.344 e. The molecule has 1 aromatic rings. The van der Waals surface area contributed by atoms with Gasteiger partial charge in [0.05, 0.1) is 0 Å². The Labute approximate surface area is 128 Å². The molecule has 112 valence electrons. The molecule has 0 bridgehead atoms. The molecule has 1 aliphatic rings. The predicted molar refractivity (Wildman–Crippen MR) is 82.0 cm³/mol. The van der Waals surface area contributed by atoms with Crippen LogP contribution in [0, 0.1) is 0 Å². The maximum Gasteiger partial charge on any atom is 0.329 e. The van der Waals surface area contributed by atoms with Gasteiger partial charge in [-0.2, -0.15) is 5.10 Å². The Hall–Kier alpha value is -1.88. The fourth-order valence-corrected chi connectivity index (χ4v) is 2.24. The quantitative estimate of drug-likeness (QED) is 0.665. The average Bonchev–Trinajstić information content (AvgIpc) is 2.52. The van der Waals surface area contributed by atoms with Gasteiger partial charge in [0, 0.05) is 17.3 Å². The number of hydrogen-bond acceptors (Lipinski definition) is 3. The molecule has 0 spiro atoms. The van der Waals surface area contributed by atoms with Gasteiger partial charge in [0.2, 0.25) is 0 Å². The number of hydrogen-bond donors (Lipinski definition) is 2. The van der Waals surface area contributed by atoms with Gasteiger partial charge in [-0.1, -0.05) is 30.2 Å². The first-order valence-electron chi connectivity index (χ1n) is 7.03. The molecular weight excluding hydrogens is 290 g/mol. The summed E-state index contributed by atoms with van der Waals surface area (Å²) >= 11 is 5.77. The lowest BCUT2D eigenvalue weighted by molar-refractivity contribution is -0.139. The maximum absolute atomic E-state index is 11.6. The van der Waals surface area contributed by atoms with Gasteiger partial charge in [-0.15, -0.1) is 0 Å². The third-order valence-corrected chi connectivity index (χ3v) is 3.57. The summed E-state index contributed by atoms with van der Waals surface area (Å²) < 4.78 is 0. The Morgan fingerprint density at radius 2 is 1.71 bits per heavy atom. The zero-order valence-corrected chi connectivity index (χ0v) is 12.4. The van der Waals surface area contributed by atoms with Crippen molar-refractivity contribution in [1.29, 1.82) is 0 Å². The number of nitrogens with zero attached hydrogens (tertiary/aromatic N) is 1. The van der Waals surface area contributed by atoms with Crippen molar-refractivity contribution in [2.45, 2.75) is 38.6 Å². The van der Waals surface area contributed by atoms with Gasteiger partial charge in [0.15, 0.2) is 0 Å². The normalized spacial score (nSPS) is 14.4. The number of nitrogens with one attached hydrogen (secondary N) is 2. The molecule has 1 aromatic carbocycles. The van der Waals surface area contributed by atoms with Crippen molar-refractivity contribution in [1.82, 2.24) is 10.7 Å². The van der Waals surface area contributed by atoms with Crippen LogP contribution in [0.2, 0.25) is 5.02 Å². The molecule has 1 aliphatic carbocycles. The topological polar surface area (TPSA) is 70.6 Å². The van der Waals surface area contributed by atoms with Gasteiger partial charge in [-0.3, -0.25) is 9.59 Å². The molecule has 6 heteroatoms. The van der Waals surface area contributed by atoms with E-state index in [0.717, 1.165) is 37.0 Å². The molecule has 2 amide bonds. The van der Waals surface area contributed by atoms with Crippen LogP contribution in [-0.2, 0) is 16.1 Å².